The van der Waals surface area contributed by atoms with Gasteiger partial charge in [-0.25, -0.2) is 4.79 Å². The zero-order chi connectivity index (χ0) is 21.5. The molecule has 0 radical (unpaired) electrons. The number of fused-ring (bicyclic) bond motifs is 1. The second kappa shape index (κ2) is 10.1. The number of esters is 1. The fraction of sp³-hybridized carbons (Fsp3) is 0.375. The second-order valence-electron chi connectivity index (χ2n) is 7.88. The lowest BCUT2D eigenvalue weighted by molar-refractivity contribution is -0.144. The Bertz CT molecular complexity index is 918. The summed E-state index contributed by atoms with van der Waals surface area (Å²) >= 11 is 0. The van der Waals surface area contributed by atoms with E-state index in [-0.39, 0.29) is 30.8 Å². The predicted octanol–water partition coefficient (Wildman–Crippen LogP) is 3.96. The molecule has 0 aromatic heterocycles. The number of carbonyl (C=O) groups excluding carboxylic acids is 3. The molecule has 1 amide bonds. The van der Waals surface area contributed by atoms with Crippen molar-refractivity contribution >= 4 is 23.3 Å². The SMILES string of the molecule is CC(C)CC(=O)Nc1ccc(C(=O)COC(=O)COc2ccc3c(c2)CCC3)cc1. The highest BCUT2D eigenvalue weighted by atomic mass is 16.6. The third-order valence-corrected chi connectivity index (χ3v) is 4.88. The Balaban J connectivity index is 1.42. The van der Waals surface area contributed by atoms with Crippen LogP contribution in [-0.4, -0.2) is 30.9 Å². The first-order valence-corrected chi connectivity index (χ1v) is 10.2. The molecule has 6 heteroatoms. The molecule has 0 bridgehead atoms. The van der Waals surface area contributed by atoms with E-state index >= 15 is 0 Å². The van der Waals surface area contributed by atoms with Gasteiger partial charge < -0.3 is 14.8 Å². The largest absolute Gasteiger partial charge is 0.482 e. The number of hydrogen-bond acceptors (Lipinski definition) is 5. The van der Waals surface area contributed by atoms with E-state index in [0.717, 1.165) is 19.3 Å². The van der Waals surface area contributed by atoms with Crippen LogP contribution in [0.3, 0.4) is 0 Å². The van der Waals surface area contributed by atoms with Crippen LogP contribution >= 0.6 is 0 Å². The van der Waals surface area contributed by atoms with E-state index in [0.29, 0.717) is 23.4 Å². The molecule has 0 saturated heterocycles. The van der Waals surface area contributed by atoms with E-state index < -0.39 is 5.97 Å². The van der Waals surface area contributed by atoms with Gasteiger partial charge >= 0.3 is 5.97 Å². The summed E-state index contributed by atoms with van der Waals surface area (Å²) in [6.07, 6.45) is 3.70. The molecule has 2 aromatic rings. The average molecular weight is 409 g/mol. The molecule has 158 valence electrons. The molecular formula is C24H27NO5. The van der Waals surface area contributed by atoms with Crippen LogP contribution in [-0.2, 0) is 27.2 Å². The van der Waals surface area contributed by atoms with Crippen molar-refractivity contribution in [2.24, 2.45) is 5.92 Å². The Kier molecular flexibility index (Phi) is 7.22. The zero-order valence-electron chi connectivity index (χ0n) is 17.4. The molecule has 0 spiro atoms. The maximum absolute atomic E-state index is 12.2. The highest BCUT2D eigenvalue weighted by molar-refractivity contribution is 5.98. The molecule has 0 unspecified atom stereocenters. The molecule has 1 N–H and O–H groups in total. The molecule has 0 saturated carbocycles. The third kappa shape index (κ3) is 6.17. The smallest absolute Gasteiger partial charge is 0.344 e. The Morgan fingerprint density at radius 1 is 0.967 bits per heavy atom. The number of hydrogen-bond donors (Lipinski definition) is 1. The number of ether oxygens (including phenoxy) is 2. The minimum Gasteiger partial charge on any atom is -0.482 e. The molecule has 3 rings (SSSR count). The van der Waals surface area contributed by atoms with Gasteiger partial charge in [-0.2, -0.15) is 0 Å². The van der Waals surface area contributed by atoms with E-state index in [9.17, 15) is 14.4 Å². The van der Waals surface area contributed by atoms with Crippen LogP contribution in [0.25, 0.3) is 0 Å². The molecule has 2 aromatic carbocycles. The molecule has 1 aliphatic carbocycles. The Hall–Kier alpha value is -3.15. The van der Waals surface area contributed by atoms with Crippen molar-refractivity contribution in [1.29, 1.82) is 0 Å². The first-order valence-electron chi connectivity index (χ1n) is 10.2. The number of carbonyl (C=O) groups is 3. The number of nitrogens with one attached hydrogen (secondary N) is 1. The lowest BCUT2D eigenvalue weighted by Crippen LogP contribution is -2.19. The standard InChI is InChI=1S/C24H27NO5/c1-16(2)12-23(27)25-20-9-6-18(7-10-20)22(26)14-30-24(28)15-29-21-11-8-17-4-3-5-19(17)13-21/h6-11,13,16H,3-5,12,14-15H2,1-2H3,(H,25,27). The predicted molar refractivity (Wildman–Crippen MR) is 114 cm³/mol. The Labute approximate surface area is 176 Å². The number of benzene rings is 2. The maximum atomic E-state index is 12.2. The lowest BCUT2D eigenvalue weighted by atomic mass is 10.1. The topological polar surface area (TPSA) is 81.7 Å². The van der Waals surface area contributed by atoms with Gasteiger partial charge in [0, 0.05) is 17.7 Å². The lowest BCUT2D eigenvalue weighted by Gasteiger charge is -2.09. The van der Waals surface area contributed by atoms with Gasteiger partial charge in [0.05, 0.1) is 0 Å². The average Bonchev–Trinajstić information content (AvgIpc) is 3.18. The molecule has 30 heavy (non-hydrogen) atoms. The minimum absolute atomic E-state index is 0.0682. The third-order valence-electron chi connectivity index (χ3n) is 4.88. The van der Waals surface area contributed by atoms with E-state index in [2.05, 4.69) is 5.32 Å². The zero-order valence-corrected chi connectivity index (χ0v) is 17.4. The first-order chi connectivity index (χ1) is 14.4. The van der Waals surface area contributed by atoms with E-state index in [1.54, 1.807) is 24.3 Å². The van der Waals surface area contributed by atoms with Crippen molar-refractivity contribution in [2.45, 2.75) is 39.5 Å². The molecule has 0 atom stereocenters. The maximum Gasteiger partial charge on any atom is 0.344 e. The fourth-order valence-corrected chi connectivity index (χ4v) is 3.37. The summed E-state index contributed by atoms with van der Waals surface area (Å²) < 4.78 is 10.5. The van der Waals surface area contributed by atoms with E-state index in [1.165, 1.54) is 11.1 Å². The van der Waals surface area contributed by atoms with Gasteiger partial charge in [0.2, 0.25) is 5.91 Å². The number of aryl methyl sites for hydroxylation is 2. The van der Waals surface area contributed by atoms with Crippen molar-refractivity contribution in [3.05, 3.63) is 59.2 Å². The van der Waals surface area contributed by atoms with Gasteiger partial charge in [0.15, 0.2) is 19.0 Å². The summed E-state index contributed by atoms with van der Waals surface area (Å²) in [6.45, 7) is 3.34. The van der Waals surface area contributed by atoms with Crippen LogP contribution in [0.4, 0.5) is 5.69 Å². The highest BCUT2D eigenvalue weighted by Gasteiger charge is 2.14. The quantitative estimate of drug-likeness (QED) is 0.501. The summed E-state index contributed by atoms with van der Waals surface area (Å²) in [5.74, 6) is -0.0787. The van der Waals surface area contributed by atoms with Crippen LogP contribution in [0.5, 0.6) is 5.75 Å². The van der Waals surface area contributed by atoms with Crippen molar-refractivity contribution in [1.82, 2.24) is 0 Å². The minimum atomic E-state index is -0.596. The molecular weight excluding hydrogens is 382 g/mol. The van der Waals surface area contributed by atoms with Gasteiger partial charge in [-0.1, -0.05) is 19.9 Å². The van der Waals surface area contributed by atoms with Crippen LogP contribution < -0.4 is 10.1 Å². The fourth-order valence-electron chi connectivity index (χ4n) is 3.37. The van der Waals surface area contributed by atoms with Gasteiger partial charge in [-0.15, -0.1) is 0 Å². The van der Waals surface area contributed by atoms with Gasteiger partial charge in [-0.3, -0.25) is 9.59 Å². The number of anilines is 1. The Morgan fingerprint density at radius 2 is 1.70 bits per heavy atom. The van der Waals surface area contributed by atoms with Crippen LogP contribution in [0.2, 0.25) is 0 Å². The summed E-state index contributed by atoms with van der Waals surface area (Å²) in [5.41, 5.74) is 3.63. The molecule has 0 heterocycles. The number of amides is 1. The van der Waals surface area contributed by atoms with Crippen molar-refractivity contribution in [3.63, 3.8) is 0 Å². The van der Waals surface area contributed by atoms with E-state index in [4.69, 9.17) is 9.47 Å². The van der Waals surface area contributed by atoms with Gasteiger partial charge in [-0.05, 0) is 72.7 Å². The summed E-state index contributed by atoms with van der Waals surface area (Å²) in [7, 11) is 0. The number of ketones is 1. The van der Waals surface area contributed by atoms with Crippen LogP contribution in [0, 0.1) is 5.92 Å². The summed E-state index contributed by atoms with van der Waals surface area (Å²) in [4.78, 5) is 35.9. The number of rotatable bonds is 9. The van der Waals surface area contributed by atoms with E-state index in [1.807, 2.05) is 32.0 Å². The van der Waals surface area contributed by atoms with Crippen molar-refractivity contribution in [3.8, 4) is 5.75 Å². The monoisotopic (exact) mass is 409 g/mol. The normalized spacial score (nSPS) is 12.4. The van der Waals surface area contributed by atoms with Crippen molar-refractivity contribution < 1.29 is 23.9 Å². The molecule has 6 nitrogen and oxygen atoms in total. The van der Waals surface area contributed by atoms with Crippen LogP contribution in [0.1, 0.15) is 48.2 Å². The first kappa shape index (κ1) is 21.6. The highest BCUT2D eigenvalue weighted by Crippen LogP contribution is 2.26. The molecule has 0 fully saturated rings. The molecule has 1 aliphatic rings. The Morgan fingerprint density at radius 3 is 2.43 bits per heavy atom. The van der Waals surface area contributed by atoms with Gasteiger partial charge in [0.25, 0.3) is 0 Å². The number of Topliss-reactive ketones (excluding diaryl/α,β-unsaturated/α-hetero) is 1. The van der Waals surface area contributed by atoms with Crippen LogP contribution in [0.15, 0.2) is 42.5 Å². The molecule has 0 aliphatic heterocycles. The van der Waals surface area contributed by atoms with Crippen molar-refractivity contribution in [2.75, 3.05) is 18.5 Å². The summed E-state index contributed by atoms with van der Waals surface area (Å²) in [5, 5.41) is 2.79. The summed E-state index contributed by atoms with van der Waals surface area (Å²) in [6, 6.07) is 12.4. The van der Waals surface area contributed by atoms with Gasteiger partial charge in [0.1, 0.15) is 5.75 Å². The second-order valence-corrected chi connectivity index (χ2v) is 7.88.